The third kappa shape index (κ3) is 2.59. The Kier molecular flexibility index (Phi) is 3.66. The first-order valence-electron chi connectivity index (χ1n) is 7.22. The number of fused-ring (bicyclic) bond motifs is 1. The van der Waals surface area contributed by atoms with Crippen molar-refractivity contribution in [2.45, 2.75) is 19.9 Å². The number of benzene rings is 1. The summed E-state index contributed by atoms with van der Waals surface area (Å²) in [6.07, 6.45) is 2.46. The largest absolute Gasteiger partial charge is 0.347 e. The third-order valence-electron chi connectivity index (χ3n) is 3.93. The van der Waals surface area contributed by atoms with Crippen LogP contribution in [0.2, 0.25) is 0 Å². The maximum Gasteiger partial charge on any atom is 0.269 e. The van der Waals surface area contributed by atoms with Crippen LogP contribution < -0.4 is 10.2 Å². The molecule has 2 heterocycles. The second-order valence-corrected chi connectivity index (χ2v) is 5.41. The van der Waals surface area contributed by atoms with E-state index in [9.17, 15) is 9.59 Å². The summed E-state index contributed by atoms with van der Waals surface area (Å²) < 4.78 is 1.54. The lowest BCUT2D eigenvalue weighted by atomic mass is 10.1. The van der Waals surface area contributed by atoms with Crippen molar-refractivity contribution in [3.63, 3.8) is 0 Å². The van der Waals surface area contributed by atoms with Gasteiger partial charge in [-0.05, 0) is 29.7 Å². The SMILES string of the molecule is CC(=O)N1CCc2cc(CNC(=O)c3ccnn3C)ccc21. The van der Waals surface area contributed by atoms with Gasteiger partial charge in [0.05, 0.1) is 0 Å². The van der Waals surface area contributed by atoms with Crippen LogP contribution in [0, 0.1) is 0 Å². The quantitative estimate of drug-likeness (QED) is 0.927. The van der Waals surface area contributed by atoms with E-state index in [4.69, 9.17) is 0 Å². The Morgan fingerprint density at radius 3 is 2.82 bits per heavy atom. The van der Waals surface area contributed by atoms with Gasteiger partial charge in [0, 0.05) is 38.9 Å². The van der Waals surface area contributed by atoms with Crippen molar-refractivity contribution in [2.75, 3.05) is 11.4 Å². The van der Waals surface area contributed by atoms with Gasteiger partial charge in [0.1, 0.15) is 5.69 Å². The first-order chi connectivity index (χ1) is 10.6. The molecule has 0 unspecified atom stereocenters. The Balaban J connectivity index is 1.69. The van der Waals surface area contributed by atoms with Crippen molar-refractivity contribution in [1.29, 1.82) is 0 Å². The highest BCUT2D eigenvalue weighted by Crippen LogP contribution is 2.28. The van der Waals surface area contributed by atoms with Crippen LogP contribution >= 0.6 is 0 Å². The average molecular weight is 298 g/mol. The normalized spacial score (nSPS) is 13.1. The summed E-state index contributed by atoms with van der Waals surface area (Å²) in [5, 5.41) is 6.87. The van der Waals surface area contributed by atoms with Gasteiger partial charge in [-0.25, -0.2) is 0 Å². The van der Waals surface area contributed by atoms with Gasteiger partial charge < -0.3 is 10.2 Å². The molecule has 6 heteroatoms. The molecule has 0 saturated heterocycles. The topological polar surface area (TPSA) is 67.2 Å². The van der Waals surface area contributed by atoms with Crippen molar-refractivity contribution in [2.24, 2.45) is 7.05 Å². The Bertz CT molecular complexity index is 735. The number of anilines is 1. The van der Waals surface area contributed by atoms with Gasteiger partial charge in [-0.1, -0.05) is 12.1 Å². The standard InChI is InChI=1S/C16H18N4O2/c1-11(21)20-8-6-13-9-12(3-4-14(13)20)10-17-16(22)15-5-7-18-19(15)2/h3-5,7,9H,6,8,10H2,1-2H3,(H,17,22). The van der Waals surface area contributed by atoms with E-state index in [1.165, 1.54) is 0 Å². The molecule has 1 aromatic heterocycles. The molecule has 0 atom stereocenters. The van der Waals surface area contributed by atoms with Crippen LogP contribution in [-0.4, -0.2) is 28.1 Å². The van der Waals surface area contributed by atoms with Crippen LogP contribution in [0.1, 0.15) is 28.5 Å². The highest BCUT2D eigenvalue weighted by Gasteiger charge is 2.22. The lowest BCUT2D eigenvalue weighted by Crippen LogP contribution is -2.26. The lowest BCUT2D eigenvalue weighted by Gasteiger charge is -2.15. The molecule has 3 rings (SSSR count). The number of aryl methyl sites for hydroxylation is 1. The monoisotopic (exact) mass is 298 g/mol. The second-order valence-electron chi connectivity index (χ2n) is 5.41. The molecular weight excluding hydrogens is 280 g/mol. The smallest absolute Gasteiger partial charge is 0.269 e. The molecule has 1 N–H and O–H groups in total. The minimum absolute atomic E-state index is 0.0658. The van der Waals surface area contributed by atoms with Crippen molar-refractivity contribution in [3.8, 4) is 0 Å². The number of amides is 2. The molecule has 0 saturated carbocycles. The minimum atomic E-state index is -0.147. The van der Waals surface area contributed by atoms with Gasteiger partial charge in [0.2, 0.25) is 5.91 Å². The van der Waals surface area contributed by atoms with Crippen molar-refractivity contribution in [3.05, 3.63) is 47.3 Å². The highest BCUT2D eigenvalue weighted by molar-refractivity contribution is 5.94. The van der Waals surface area contributed by atoms with E-state index in [1.807, 2.05) is 12.1 Å². The van der Waals surface area contributed by atoms with E-state index in [-0.39, 0.29) is 11.8 Å². The number of hydrogen-bond acceptors (Lipinski definition) is 3. The number of nitrogens with zero attached hydrogens (tertiary/aromatic N) is 3. The zero-order chi connectivity index (χ0) is 15.7. The Hall–Kier alpha value is -2.63. The number of carbonyl (C=O) groups excluding carboxylic acids is 2. The fourth-order valence-electron chi connectivity index (χ4n) is 2.76. The van der Waals surface area contributed by atoms with Crippen molar-refractivity contribution in [1.82, 2.24) is 15.1 Å². The number of hydrogen-bond donors (Lipinski definition) is 1. The molecule has 0 spiro atoms. The summed E-state index contributed by atoms with van der Waals surface area (Å²) >= 11 is 0. The molecule has 22 heavy (non-hydrogen) atoms. The molecule has 114 valence electrons. The summed E-state index contributed by atoms with van der Waals surface area (Å²) in [6.45, 7) is 2.77. The molecule has 1 aromatic carbocycles. The molecule has 2 amide bonds. The molecule has 0 aliphatic carbocycles. The minimum Gasteiger partial charge on any atom is -0.347 e. The van der Waals surface area contributed by atoms with E-state index in [1.54, 1.807) is 35.8 Å². The molecule has 2 aromatic rings. The average Bonchev–Trinajstić information content (AvgIpc) is 3.10. The van der Waals surface area contributed by atoms with Crippen molar-refractivity contribution >= 4 is 17.5 Å². The van der Waals surface area contributed by atoms with Gasteiger partial charge in [-0.3, -0.25) is 14.3 Å². The Labute approximate surface area is 128 Å². The van der Waals surface area contributed by atoms with E-state index < -0.39 is 0 Å². The van der Waals surface area contributed by atoms with E-state index >= 15 is 0 Å². The van der Waals surface area contributed by atoms with Crippen molar-refractivity contribution < 1.29 is 9.59 Å². The zero-order valence-corrected chi connectivity index (χ0v) is 12.7. The molecule has 0 radical (unpaired) electrons. The Morgan fingerprint density at radius 2 is 2.14 bits per heavy atom. The molecule has 0 bridgehead atoms. The van der Waals surface area contributed by atoms with E-state index in [2.05, 4.69) is 16.5 Å². The van der Waals surface area contributed by atoms with E-state index in [0.29, 0.717) is 12.2 Å². The Morgan fingerprint density at radius 1 is 1.32 bits per heavy atom. The van der Waals surface area contributed by atoms with Gasteiger partial charge in [0.25, 0.3) is 5.91 Å². The predicted octanol–water partition coefficient (Wildman–Crippen LogP) is 1.26. The number of nitrogens with one attached hydrogen (secondary N) is 1. The van der Waals surface area contributed by atoms with E-state index in [0.717, 1.165) is 29.8 Å². The second kappa shape index (κ2) is 5.63. The first kappa shape index (κ1) is 14.3. The molecule has 6 nitrogen and oxygen atoms in total. The molecular formula is C16H18N4O2. The number of rotatable bonds is 3. The number of carbonyl (C=O) groups is 2. The van der Waals surface area contributed by atoms with Crippen LogP contribution in [0.25, 0.3) is 0 Å². The fourth-order valence-corrected chi connectivity index (χ4v) is 2.76. The molecule has 0 fully saturated rings. The summed E-state index contributed by atoms with van der Waals surface area (Å²) in [7, 11) is 1.74. The highest BCUT2D eigenvalue weighted by atomic mass is 16.2. The van der Waals surface area contributed by atoms with Crippen LogP contribution in [-0.2, 0) is 24.8 Å². The summed E-state index contributed by atoms with van der Waals surface area (Å²) in [5.41, 5.74) is 3.69. The predicted molar refractivity (Wildman–Crippen MR) is 82.6 cm³/mol. The van der Waals surface area contributed by atoms with Crippen LogP contribution in [0.4, 0.5) is 5.69 Å². The third-order valence-corrected chi connectivity index (χ3v) is 3.93. The summed E-state index contributed by atoms with van der Waals surface area (Å²) in [5.74, 6) is -0.0816. The van der Waals surface area contributed by atoms with Crippen LogP contribution in [0.5, 0.6) is 0 Å². The summed E-state index contributed by atoms with van der Waals surface area (Å²) in [6, 6.07) is 7.64. The summed E-state index contributed by atoms with van der Waals surface area (Å²) in [4.78, 5) is 25.4. The van der Waals surface area contributed by atoms with Crippen LogP contribution in [0.15, 0.2) is 30.5 Å². The maximum atomic E-state index is 12.1. The maximum absolute atomic E-state index is 12.1. The van der Waals surface area contributed by atoms with Crippen LogP contribution in [0.3, 0.4) is 0 Å². The number of aromatic nitrogens is 2. The fraction of sp³-hybridized carbons (Fsp3) is 0.312. The van der Waals surface area contributed by atoms with Gasteiger partial charge >= 0.3 is 0 Å². The first-order valence-corrected chi connectivity index (χ1v) is 7.22. The molecule has 1 aliphatic heterocycles. The zero-order valence-electron chi connectivity index (χ0n) is 12.7. The molecule has 1 aliphatic rings. The lowest BCUT2D eigenvalue weighted by molar-refractivity contribution is -0.116. The van der Waals surface area contributed by atoms with Gasteiger partial charge in [0.15, 0.2) is 0 Å². The van der Waals surface area contributed by atoms with Gasteiger partial charge in [-0.15, -0.1) is 0 Å². The van der Waals surface area contributed by atoms with Gasteiger partial charge in [-0.2, -0.15) is 5.10 Å².